The molecular weight excluding hydrogens is 332 g/mol. The summed E-state index contributed by atoms with van der Waals surface area (Å²) in [6.07, 6.45) is 6.99. The van der Waals surface area contributed by atoms with E-state index in [0.717, 1.165) is 0 Å². The molecule has 26 heavy (non-hydrogen) atoms. The number of aliphatic hydroxyl groups is 1. The third-order valence-corrected chi connectivity index (χ3v) is 4.48. The standard InChI is InChI=1S/C18H24N6O2/c1-13(2)15-21-9-14(10-22-15)16(25)23(3)11-18(26)5-8-24(12-18)17-19-6-4-7-20-17/h4,6-7,9-10,13,26H,5,8,11-12H2,1-3H3/t18-/m0/s1. The first-order valence-corrected chi connectivity index (χ1v) is 8.70. The van der Waals surface area contributed by atoms with E-state index >= 15 is 0 Å². The van der Waals surface area contributed by atoms with Gasteiger partial charge in [0.1, 0.15) is 11.4 Å². The van der Waals surface area contributed by atoms with Gasteiger partial charge in [-0.25, -0.2) is 19.9 Å². The van der Waals surface area contributed by atoms with E-state index in [2.05, 4.69) is 19.9 Å². The van der Waals surface area contributed by atoms with Crippen molar-refractivity contribution < 1.29 is 9.90 Å². The number of carbonyl (C=O) groups is 1. The number of β-amino-alcohol motifs (C(OH)–C–C–N with tert-alkyl or cyclic N) is 1. The van der Waals surface area contributed by atoms with E-state index in [-0.39, 0.29) is 18.4 Å². The van der Waals surface area contributed by atoms with Crippen LogP contribution in [-0.2, 0) is 0 Å². The van der Waals surface area contributed by atoms with E-state index in [1.54, 1.807) is 37.9 Å². The summed E-state index contributed by atoms with van der Waals surface area (Å²) in [6.45, 7) is 5.26. The van der Waals surface area contributed by atoms with Crippen LogP contribution in [0.2, 0.25) is 0 Å². The van der Waals surface area contributed by atoms with Gasteiger partial charge in [0.2, 0.25) is 5.95 Å². The lowest BCUT2D eigenvalue weighted by Gasteiger charge is -2.29. The molecule has 0 unspecified atom stereocenters. The van der Waals surface area contributed by atoms with Crippen molar-refractivity contribution in [2.24, 2.45) is 0 Å². The van der Waals surface area contributed by atoms with Gasteiger partial charge < -0.3 is 14.9 Å². The Hall–Kier alpha value is -2.61. The number of rotatable bonds is 5. The third-order valence-electron chi connectivity index (χ3n) is 4.48. The molecule has 1 aliphatic heterocycles. The molecule has 1 fully saturated rings. The second-order valence-corrected chi connectivity index (χ2v) is 7.09. The van der Waals surface area contributed by atoms with Crippen LogP contribution < -0.4 is 4.90 Å². The number of carbonyl (C=O) groups excluding carboxylic acids is 1. The zero-order chi connectivity index (χ0) is 18.7. The highest BCUT2D eigenvalue weighted by Gasteiger charge is 2.39. The van der Waals surface area contributed by atoms with Crippen molar-refractivity contribution in [3.8, 4) is 0 Å². The summed E-state index contributed by atoms with van der Waals surface area (Å²) in [7, 11) is 1.68. The number of amides is 1. The quantitative estimate of drug-likeness (QED) is 0.857. The number of nitrogens with zero attached hydrogens (tertiary/aromatic N) is 6. The number of hydrogen-bond acceptors (Lipinski definition) is 7. The van der Waals surface area contributed by atoms with Gasteiger partial charge in [0.25, 0.3) is 5.91 Å². The maximum atomic E-state index is 12.6. The minimum Gasteiger partial charge on any atom is -0.386 e. The third kappa shape index (κ3) is 3.96. The molecule has 8 heteroatoms. The second-order valence-electron chi connectivity index (χ2n) is 7.09. The van der Waals surface area contributed by atoms with Crippen LogP contribution in [0.4, 0.5) is 5.95 Å². The van der Waals surface area contributed by atoms with Crippen LogP contribution in [0.15, 0.2) is 30.9 Å². The molecule has 2 aromatic heterocycles. The summed E-state index contributed by atoms with van der Waals surface area (Å²) in [4.78, 5) is 33.0. The fourth-order valence-electron chi connectivity index (χ4n) is 3.09. The predicted molar refractivity (Wildman–Crippen MR) is 96.9 cm³/mol. The first-order chi connectivity index (χ1) is 12.4. The van der Waals surface area contributed by atoms with Gasteiger partial charge in [0.15, 0.2) is 0 Å². The van der Waals surface area contributed by atoms with Crippen LogP contribution in [-0.4, -0.2) is 68.1 Å². The first-order valence-electron chi connectivity index (χ1n) is 8.70. The fourth-order valence-corrected chi connectivity index (χ4v) is 3.09. The maximum absolute atomic E-state index is 12.6. The summed E-state index contributed by atoms with van der Waals surface area (Å²) in [6, 6.07) is 1.75. The largest absolute Gasteiger partial charge is 0.386 e. The van der Waals surface area contributed by atoms with Gasteiger partial charge in [-0.3, -0.25) is 4.79 Å². The van der Waals surface area contributed by atoms with Crippen LogP contribution in [0.3, 0.4) is 0 Å². The maximum Gasteiger partial charge on any atom is 0.256 e. The van der Waals surface area contributed by atoms with Gasteiger partial charge in [-0.15, -0.1) is 0 Å². The summed E-state index contributed by atoms with van der Waals surface area (Å²) in [5.41, 5.74) is -0.579. The Kier molecular flexibility index (Phi) is 5.13. The average Bonchev–Trinajstić information content (AvgIpc) is 3.03. The van der Waals surface area contributed by atoms with Gasteiger partial charge in [-0.05, 0) is 12.5 Å². The number of likely N-dealkylation sites (N-methyl/N-ethyl adjacent to an activating group) is 1. The predicted octanol–water partition coefficient (Wildman–Crippen LogP) is 1.10. The van der Waals surface area contributed by atoms with Crippen LogP contribution in [0.5, 0.6) is 0 Å². The Morgan fingerprint density at radius 2 is 1.92 bits per heavy atom. The van der Waals surface area contributed by atoms with Crippen molar-refractivity contribution in [2.75, 3.05) is 31.6 Å². The van der Waals surface area contributed by atoms with Crippen LogP contribution in [0.1, 0.15) is 42.4 Å². The Bertz CT molecular complexity index is 752. The Morgan fingerprint density at radius 3 is 2.54 bits per heavy atom. The van der Waals surface area contributed by atoms with E-state index < -0.39 is 5.60 Å². The molecular formula is C18H24N6O2. The molecule has 0 bridgehead atoms. The highest BCUT2D eigenvalue weighted by Crippen LogP contribution is 2.25. The molecule has 1 saturated heterocycles. The molecule has 3 heterocycles. The normalized spacial score (nSPS) is 19.8. The summed E-state index contributed by atoms with van der Waals surface area (Å²) in [5.74, 6) is 1.30. The topological polar surface area (TPSA) is 95.3 Å². The molecule has 1 N–H and O–H groups in total. The van der Waals surface area contributed by atoms with E-state index in [4.69, 9.17) is 0 Å². The summed E-state index contributed by atoms with van der Waals surface area (Å²) in [5, 5.41) is 10.9. The SMILES string of the molecule is CC(C)c1ncc(C(=O)N(C)C[C@@]2(O)CCN(c3ncccn3)C2)cn1. The summed E-state index contributed by atoms with van der Waals surface area (Å²) < 4.78 is 0. The van der Waals surface area contributed by atoms with Crippen molar-refractivity contribution in [1.29, 1.82) is 0 Å². The Balaban J connectivity index is 1.63. The second kappa shape index (κ2) is 7.33. The van der Waals surface area contributed by atoms with Crippen molar-refractivity contribution in [3.05, 3.63) is 42.2 Å². The number of hydrogen-bond donors (Lipinski definition) is 1. The van der Waals surface area contributed by atoms with Crippen molar-refractivity contribution in [3.63, 3.8) is 0 Å². The van der Waals surface area contributed by atoms with Gasteiger partial charge >= 0.3 is 0 Å². The molecule has 1 aliphatic rings. The van der Waals surface area contributed by atoms with Crippen molar-refractivity contribution in [2.45, 2.75) is 31.8 Å². The Labute approximate surface area is 152 Å². The first kappa shape index (κ1) is 18.2. The molecule has 1 amide bonds. The molecule has 0 saturated carbocycles. The number of anilines is 1. The molecule has 138 valence electrons. The van der Waals surface area contributed by atoms with Crippen LogP contribution in [0.25, 0.3) is 0 Å². The highest BCUT2D eigenvalue weighted by molar-refractivity contribution is 5.93. The fraction of sp³-hybridized carbons (Fsp3) is 0.500. The van der Waals surface area contributed by atoms with Crippen LogP contribution in [0, 0.1) is 0 Å². The van der Waals surface area contributed by atoms with Crippen molar-refractivity contribution >= 4 is 11.9 Å². The molecule has 0 radical (unpaired) electrons. The van der Waals surface area contributed by atoms with Crippen LogP contribution >= 0.6 is 0 Å². The molecule has 2 aromatic rings. The van der Waals surface area contributed by atoms with E-state index in [0.29, 0.717) is 36.8 Å². The molecule has 0 aromatic carbocycles. The van der Waals surface area contributed by atoms with Gasteiger partial charge in [0, 0.05) is 44.3 Å². The van der Waals surface area contributed by atoms with E-state index in [1.165, 1.54) is 4.90 Å². The molecule has 3 rings (SSSR count). The zero-order valence-electron chi connectivity index (χ0n) is 15.3. The lowest BCUT2D eigenvalue weighted by molar-refractivity contribution is 0.0263. The molecule has 0 aliphatic carbocycles. The average molecular weight is 356 g/mol. The van der Waals surface area contributed by atoms with E-state index in [1.807, 2.05) is 18.7 Å². The van der Waals surface area contributed by atoms with Gasteiger partial charge in [-0.1, -0.05) is 13.8 Å². The number of aromatic nitrogens is 4. The zero-order valence-corrected chi connectivity index (χ0v) is 15.3. The minimum atomic E-state index is -0.998. The van der Waals surface area contributed by atoms with Crippen molar-refractivity contribution in [1.82, 2.24) is 24.8 Å². The van der Waals surface area contributed by atoms with E-state index in [9.17, 15) is 9.90 Å². The molecule has 0 spiro atoms. The van der Waals surface area contributed by atoms with Gasteiger partial charge in [-0.2, -0.15) is 0 Å². The smallest absolute Gasteiger partial charge is 0.256 e. The molecule has 1 atom stereocenters. The lowest BCUT2D eigenvalue weighted by Crippen LogP contribution is -2.46. The van der Waals surface area contributed by atoms with Gasteiger partial charge in [0.05, 0.1) is 18.7 Å². The Morgan fingerprint density at radius 1 is 1.27 bits per heavy atom. The summed E-state index contributed by atoms with van der Waals surface area (Å²) >= 11 is 0. The lowest BCUT2D eigenvalue weighted by atomic mass is 10.0. The molecule has 8 nitrogen and oxygen atoms in total. The minimum absolute atomic E-state index is 0.205. The monoisotopic (exact) mass is 356 g/mol. The highest BCUT2D eigenvalue weighted by atomic mass is 16.3.